The zero-order valence-electron chi connectivity index (χ0n) is 20.9. The Morgan fingerprint density at radius 1 is 1.23 bits per heavy atom. The first-order valence-corrected chi connectivity index (χ1v) is 12.7. The summed E-state index contributed by atoms with van der Waals surface area (Å²) in [5.74, 6) is -1.45. The molecule has 1 aliphatic heterocycles. The Bertz CT molecular complexity index is 1070. The van der Waals surface area contributed by atoms with Crippen molar-refractivity contribution in [2.45, 2.75) is 70.4 Å². The maximum Gasteiger partial charge on any atom is 0.331 e. The Kier molecular flexibility index (Phi) is 5.86. The van der Waals surface area contributed by atoms with Gasteiger partial charge in [-0.2, -0.15) is 0 Å². The van der Waals surface area contributed by atoms with Gasteiger partial charge in [0.05, 0.1) is 30.3 Å². The van der Waals surface area contributed by atoms with Crippen molar-refractivity contribution in [3.8, 4) is 0 Å². The molecule has 5 rings (SSSR count). The van der Waals surface area contributed by atoms with Gasteiger partial charge in [0.1, 0.15) is 0 Å². The zero-order chi connectivity index (χ0) is 25.2. The number of aliphatic hydroxyl groups is 2. The summed E-state index contributed by atoms with van der Waals surface area (Å²) in [6, 6.07) is 9.38. The average molecular weight is 481 g/mol. The maximum absolute atomic E-state index is 14.2. The van der Waals surface area contributed by atoms with Crippen molar-refractivity contribution in [2.75, 3.05) is 6.61 Å². The smallest absolute Gasteiger partial charge is 0.331 e. The molecule has 3 fully saturated rings. The molecule has 8 unspecified atom stereocenters. The van der Waals surface area contributed by atoms with Crippen LogP contribution in [0.15, 0.2) is 48.1 Å². The lowest BCUT2D eigenvalue weighted by atomic mass is 9.77. The van der Waals surface area contributed by atoms with Crippen LogP contribution < -0.4 is 0 Å². The van der Waals surface area contributed by atoms with Gasteiger partial charge in [-0.1, -0.05) is 57.2 Å². The molecule has 2 N–H and O–H groups in total. The van der Waals surface area contributed by atoms with Crippen LogP contribution in [0.2, 0.25) is 0 Å². The Hall–Kier alpha value is -2.28. The number of carbonyl (C=O) groups excluding carboxylic acids is 2. The Balaban J connectivity index is 1.55. The number of Topliss-reactive ketones (excluding diaryl/α,β-unsaturated/α-hetero) is 1. The zero-order valence-corrected chi connectivity index (χ0v) is 20.9. The summed E-state index contributed by atoms with van der Waals surface area (Å²) in [4.78, 5) is 27.3. The Morgan fingerprint density at radius 3 is 2.63 bits per heavy atom. The summed E-state index contributed by atoms with van der Waals surface area (Å²) in [6.45, 7) is 7.84. The van der Waals surface area contributed by atoms with Gasteiger partial charge in [-0.3, -0.25) is 4.79 Å². The number of rotatable bonds is 4. The van der Waals surface area contributed by atoms with E-state index in [0.717, 1.165) is 18.4 Å². The topological polar surface area (TPSA) is 96.4 Å². The van der Waals surface area contributed by atoms with Gasteiger partial charge in [0.15, 0.2) is 5.60 Å². The minimum atomic E-state index is -1.59. The lowest BCUT2D eigenvalue weighted by Crippen LogP contribution is -2.52. The van der Waals surface area contributed by atoms with Crippen LogP contribution in [0.5, 0.6) is 0 Å². The van der Waals surface area contributed by atoms with Gasteiger partial charge in [-0.25, -0.2) is 4.79 Å². The van der Waals surface area contributed by atoms with Crippen molar-refractivity contribution in [1.29, 1.82) is 0 Å². The molecule has 8 atom stereocenters. The van der Waals surface area contributed by atoms with E-state index < -0.39 is 47.7 Å². The van der Waals surface area contributed by atoms with E-state index in [-0.39, 0.29) is 29.2 Å². The van der Waals surface area contributed by atoms with Gasteiger partial charge in [0, 0.05) is 18.1 Å². The van der Waals surface area contributed by atoms with Crippen LogP contribution in [-0.2, 0) is 19.1 Å². The van der Waals surface area contributed by atoms with Gasteiger partial charge in [0.25, 0.3) is 0 Å². The van der Waals surface area contributed by atoms with E-state index in [4.69, 9.17) is 9.47 Å². The number of fused-ring (bicyclic) bond motifs is 4. The second-order valence-corrected chi connectivity index (χ2v) is 11.8. The molecule has 1 heterocycles. The summed E-state index contributed by atoms with van der Waals surface area (Å²) in [6.07, 6.45) is 5.56. The molecule has 6 nitrogen and oxygen atoms in total. The van der Waals surface area contributed by atoms with Gasteiger partial charge >= 0.3 is 5.97 Å². The third-order valence-corrected chi connectivity index (χ3v) is 9.19. The standard InChI is InChI=1S/C29H36O6/c1-17-15-29(34-22(31)11-10-18-8-6-5-7-9-18)23(24(17)32)26-28(4,35-26)13-12-20-21(27(20,2)3)14-19(16-30)25(29)33/h5-11,14,17,20-21,23-24,26,30,32H,12-13,15-16H2,1-4H3. The Labute approximate surface area is 207 Å². The van der Waals surface area contributed by atoms with Crippen molar-refractivity contribution in [3.05, 3.63) is 53.6 Å². The molecule has 0 amide bonds. The van der Waals surface area contributed by atoms with Crippen molar-refractivity contribution in [1.82, 2.24) is 0 Å². The summed E-state index contributed by atoms with van der Waals surface area (Å²) in [5.41, 5.74) is -0.929. The molecule has 0 radical (unpaired) electrons. The van der Waals surface area contributed by atoms with Crippen LogP contribution in [0.25, 0.3) is 6.08 Å². The molecule has 2 saturated carbocycles. The van der Waals surface area contributed by atoms with E-state index in [1.165, 1.54) is 6.08 Å². The lowest BCUT2D eigenvalue weighted by molar-refractivity contribution is -0.168. The number of hydrogen-bond acceptors (Lipinski definition) is 6. The largest absolute Gasteiger partial charge is 0.447 e. The van der Waals surface area contributed by atoms with Crippen LogP contribution in [-0.4, -0.2) is 52.0 Å². The number of carbonyl (C=O) groups is 2. The second-order valence-electron chi connectivity index (χ2n) is 11.8. The molecule has 0 spiro atoms. The molecule has 4 aliphatic rings. The Morgan fingerprint density at radius 2 is 1.94 bits per heavy atom. The minimum Gasteiger partial charge on any atom is -0.447 e. The highest BCUT2D eigenvalue weighted by Crippen LogP contribution is 2.64. The fraction of sp³-hybridized carbons (Fsp3) is 0.586. The van der Waals surface area contributed by atoms with Crippen LogP contribution in [0.3, 0.4) is 0 Å². The van der Waals surface area contributed by atoms with E-state index in [9.17, 15) is 19.8 Å². The number of benzene rings is 1. The van der Waals surface area contributed by atoms with Crippen LogP contribution in [0.1, 0.15) is 52.5 Å². The quantitative estimate of drug-likeness (QED) is 0.388. The fourth-order valence-corrected chi connectivity index (χ4v) is 6.84. The summed E-state index contributed by atoms with van der Waals surface area (Å²) < 4.78 is 12.3. The first kappa shape index (κ1) is 24.4. The number of hydrogen-bond donors (Lipinski definition) is 2. The maximum atomic E-state index is 14.2. The SMILES string of the molecule is CC1CC2(OC(=O)C=Cc3ccccc3)C(=O)C(CO)=CC3C(CCC4(C)OC4C2C1O)C3(C)C. The van der Waals surface area contributed by atoms with E-state index in [1.54, 1.807) is 6.08 Å². The lowest BCUT2D eigenvalue weighted by Gasteiger charge is -2.34. The fourth-order valence-electron chi connectivity index (χ4n) is 6.84. The molecule has 3 aliphatic carbocycles. The normalized spacial score (nSPS) is 41.8. The van der Waals surface area contributed by atoms with E-state index in [2.05, 4.69) is 13.8 Å². The molecule has 188 valence electrons. The molecular formula is C29H36O6. The highest BCUT2D eigenvalue weighted by Gasteiger charge is 2.71. The van der Waals surface area contributed by atoms with E-state index in [1.807, 2.05) is 50.3 Å². The molecular weight excluding hydrogens is 444 g/mol. The molecule has 1 aromatic carbocycles. The van der Waals surface area contributed by atoms with E-state index in [0.29, 0.717) is 5.92 Å². The molecule has 0 aromatic heterocycles. The highest BCUT2D eigenvalue weighted by atomic mass is 16.6. The van der Waals surface area contributed by atoms with Crippen LogP contribution >= 0.6 is 0 Å². The third kappa shape index (κ3) is 4.00. The number of ketones is 1. The van der Waals surface area contributed by atoms with Gasteiger partial charge in [0.2, 0.25) is 5.78 Å². The number of allylic oxidation sites excluding steroid dienone is 1. The summed E-state index contributed by atoms with van der Waals surface area (Å²) >= 11 is 0. The highest BCUT2D eigenvalue weighted by molar-refractivity contribution is 6.04. The summed E-state index contributed by atoms with van der Waals surface area (Å²) in [5, 5.41) is 21.5. The number of esters is 1. The van der Waals surface area contributed by atoms with Gasteiger partial charge < -0.3 is 19.7 Å². The number of ether oxygens (including phenoxy) is 2. The van der Waals surface area contributed by atoms with Crippen molar-refractivity contribution >= 4 is 17.8 Å². The van der Waals surface area contributed by atoms with E-state index >= 15 is 0 Å². The predicted octanol–water partition coefficient (Wildman–Crippen LogP) is 3.71. The second kappa shape index (κ2) is 8.39. The van der Waals surface area contributed by atoms with Gasteiger partial charge in [-0.15, -0.1) is 0 Å². The first-order chi connectivity index (χ1) is 16.5. The minimum absolute atomic E-state index is 0.0325. The molecule has 1 aromatic rings. The molecule has 0 bridgehead atoms. The van der Waals surface area contributed by atoms with Gasteiger partial charge in [-0.05, 0) is 54.6 Å². The monoisotopic (exact) mass is 480 g/mol. The summed E-state index contributed by atoms with van der Waals surface area (Å²) in [7, 11) is 0. The van der Waals surface area contributed by atoms with Crippen molar-refractivity contribution in [3.63, 3.8) is 0 Å². The molecule has 6 heteroatoms. The average Bonchev–Trinajstić information content (AvgIpc) is 3.60. The van der Waals surface area contributed by atoms with Crippen molar-refractivity contribution in [2.24, 2.45) is 29.1 Å². The van der Waals surface area contributed by atoms with Crippen LogP contribution in [0, 0.1) is 29.1 Å². The first-order valence-electron chi connectivity index (χ1n) is 12.7. The predicted molar refractivity (Wildman–Crippen MR) is 131 cm³/mol. The number of aliphatic hydroxyl groups excluding tert-OH is 2. The number of epoxide rings is 1. The molecule has 1 saturated heterocycles. The van der Waals surface area contributed by atoms with Crippen LogP contribution in [0.4, 0.5) is 0 Å². The third-order valence-electron chi connectivity index (χ3n) is 9.19. The van der Waals surface area contributed by atoms with Crippen molar-refractivity contribution < 1.29 is 29.3 Å². The molecule has 35 heavy (non-hydrogen) atoms.